The van der Waals surface area contributed by atoms with Crippen molar-refractivity contribution < 1.29 is 13.6 Å². The van der Waals surface area contributed by atoms with Crippen molar-refractivity contribution in [2.24, 2.45) is 5.92 Å². The number of benzene rings is 1. The zero-order valence-corrected chi connectivity index (χ0v) is 14.6. The molecule has 1 aromatic carbocycles. The number of carbonyl (C=O) groups excluding carboxylic acids is 1. The minimum atomic E-state index is -0.272. The van der Waals surface area contributed by atoms with E-state index in [4.69, 9.17) is 4.42 Å². The fourth-order valence-corrected chi connectivity index (χ4v) is 2.85. The molecule has 0 atom stereocenters. The summed E-state index contributed by atoms with van der Waals surface area (Å²) < 4.78 is 19.0. The standard InChI is InChI=1S/C19H22FN3O2/c1-11(2)8-17-23-12(3)18(25-17)19(24)21-7-6-13-10-22-16-5-4-14(20)9-15(13)16/h4-5,9-11,22H,6-8H2,1-3H3,(H,21,24). The van der Waals surface area contributed by atoms with Crippen LogP contribution in [0.1, 0.15) is 41.6 Å². The summed E-state index contributed by atoms with van der Waals surface area (Å²) in [6.07, 6.45) is 3.15. The van der Waals surface area contributed by atoms with Crippen molar-refractivity contribution in [3.8, 4) is 0 Å². The largest absolute Gasteiger partial charge is 0.435 e. The van der Waals surface area contributed by atoms with Crippen molar-refractivity contribution in [2.75, 3.05) is 6.54 Å². The highest BCUT2D eigenvalue weighted by Crippen LogP contribution is 2.19. The molecule has 2 N–H and O–H groups in total. The lowest BCUT2D eigenvalue weighted by molar-refractivity contribution is 0.0923. The highest BCUT2D eigenvalue weighted by atomic mass is 19.1. The minimum absolute atomic E-state index is 0.264. The molecule has 2 heterocycles. The van der Waals surface area contributed by atoms with Crippen LogP contribution in [0.5, 0.6) is 0 Å². The third kappa shape index (κ3) is 3.90. The van der Waals surface area contributed by atoms with Crippen LogP contribution < -0.4 is 5.32 Å². The first-order chi connectivity index (χ1) is 11.9. The van der Waals surface area contributed by atoms with Crippen LogP contribution in [0.3, 0.4) is 0 Å². The van der Waals surface area contributed by atoms with E-state index >= 15 is 0 Å². The van der Waals surface area contributed by atoms with Crippen LogP contribution in [-0.4, -0.2) is 22.4 Å². The molecule has 1 amide bonds. The number of aryl methyl sites for hydroxylation is 1. The molecule has 0 spiro atoms. The van der Waals surface area contributed by atoms with Gasteiger partial charge in [-0.2, -0.15) is 0 Å². The minimum Gasteiger partial charge on any atom is -0.435 e. The summed E-state index contributed by atoms with van der Waals surface area (Å²) in [4.78, 5) is 19.7. The molecule has 0 fully saturated rings. The zero-order valence-electron chi connectivity index (χ0n) is 14.6. The average Bonchev–Trinajstić information content (AvgIpc) is 3.10. The summed E-state index contributed by atoms with van der Waals surface area (Å²) in [5.41, 5.74) is 2.44. The summed E-state index contributed by atoms with van der Waals surface area (Å²) in [5.74, 6) is 0.722. The van der Waals surface area contributed by atoms with Gasteiger partial charge < -0.3 is 14.7 Å². The first-order valence-electron chi connectivity index (χ1n) is 8.44. The highest BCUT2D eigenvalue weighted by molar-refractivity contribution is 5.92. The zero-order chi connectivity index (χ0) is 18.0. The SMILES string of the molecule is Cc1nc(CC(C)C)oc1C(=O)NCCc1c[nH]c2ccc(F)cc12. The molecule has 0 bridgehead atoms. The number of aromatic amines is 1. The number of oxazole rings is 1. The number of hydrogen-bond acceptors (Lipinski definition) is 3. The summed E-state index contributed by atoms with van der Waals surface area (Å²) in [7, 11) is 0. The number of fused-ring (bicyclic) bond motifs is 1. The van der Waals surface area contributed by atoms with Crippen molar-refractivity contribution in [2.45, 2.75) is 33.6 Å². The maximum absolute atomic E-state index is 13.4. The quantitative estimate of drug-likeness (QED) is 0.715. The van der Waals surface area contributed by atoms with Gasteiger partial charge in [-0.25, -0.2) is 9.37 Å². The predicted molar refractivity (Wildman–Crippen MR) is 94.1 cm³/mol. The molecule has 0 aliphatic carbocycles. The summed E-state index contributed by atoms with van der Waals surface area (Å²) in [6, 6.07) is 4.63. The third-order valence-corrected chi connectivity index (χ3v) is 4.04. The van der Waals surface area contributed by atoms with Crippen molar-refractivity contribution in [3.05, 3.63) is 53.1 Å². The number of rotatable bonds is 6. The molecule has 25 heavy (non-hydrogen) atoms. The number of carbonyl (C=O) groups is 1. The second-order valence-corrected chi connectivity index (χ2v) is 6.63. The lowest BCUT2D eigenvalue weighted by Gasteiger charge is -2.03. The van der Waals surface area contributed by atoms with E-state index < -0.39 is 0 Å². The Morgan fingerprint density at radius 3 is 2.96 bits per heavy atom. The number of aromatic nitrogens is 2. The van der Waals surface area contributed by atoms with Gasteiger partial charge >= 0.3 is 0 Å². The number of halogens is 1. The fourth-order valence-electron chi connectivity index (χ4n) is 2.85. The number of nitrogens with zero attached hydrogens (tertiary/aromatic N) is 1. The molecule has 0 aliphatic heterocycles. The highest BCUT2D eigenvalue weighted by Gasteiger charge is 2.17. The third-order valence-electron chi connectivity index (χ3n) is 4.04. The molecule has 0 unspecified atom stereocenters. The maximum Gasteiger partial charge on any atom is 0.289 e. The second-order valence-electron chi connectivity index (χ2n) is 6.63. The molecule has 6 heteroatoms. The molecule has 0 saturated heterocycles. The Morgan fingerprint density at radius 1 is 1.40 bits per heavy atom. The van der Waals surface area contributed by atoms with E-state index in [1.54, 1.807) is 13.0 Å². The van der Waals surface area contributed by atoms with Crippen molar-refractivity contribution >= 4 is 16.8 Å². The molecule has 5 nitrogen and oxygen atoms in total. The Labute approximate surface area is 145 Å². The lowest BCUT2D eigenvalue weighted by atomic mass is 10.1. The molecule has 3 aromatic rings. The Hall–Kier alpha value is -2.63. The molecule has 0 radical (unpaired) electrons. The van der Waals surface area contributed by atoms with Crippen molar-refractivity contribution in [1.82, 2.24) is 15.3 Å². The predicted octanol–water partition coefficient (Wildman–Crippen LogP) is 3.77. The monoisotopic (exact) mass is 343 g/mol. The van der Waals surface area contributed by atoms with Gasteiger partial charge in [0.2, 0.25) is 5.76 Å². The van der Waals surface area contributed by atoms with Gasteiger partial charge in [0.1, 0.15) is 5.82 Å². The van der Waals surface area contributed by atoms with E-state index in [2.05, 4.69) is 29.1 Å². The summed E-state index contributed by atoms with van der Waals surface area (Å²) >= 11 is 0. The van der Waals surface area contributed by atoms with Gasteiger partial charge in [0.25, 0.3) is 5.91 Å². The van der Waals surface area contributed by atoms with E-state index in [9.17, 15) is 9.18 Å². The number of hydrogen-bond donors (Lipinski definition) is 2. The molecule has 0 saturated carbocycles. The Morgan fingerprint density at radius 2 is 2.20 bits per heavy atom. The van der Waals surface area contributed by atoms with Gasteiger partial charge in [-0.05, 0) is 43.0 Å². The van der Waals surface area contributed by atoms with Crippen molar-refractivity contribution in [3.63, 3.8) is 0 Å². The summed E-state index contributed by atoms with van der Waals surface area (Å²) in [5, 5.41) is 3.68. The van der Waals surface area contributed by atoms with Gasteiger partial charge in [-0.3, -0.25) is 4.79 Å². The number of nitrogens with one attached hydrogen (secondary N) is 2. The molecule has 132 valence electrons. The lowest BCUT2D eigenvalue weighted by Crippen LogP contribution is -2.25. The van der Waals surface area contributed by atoms with E-state index in [1.807, 2.05) is 6.20 Å². The van der Waals surface area contributed by atoms with Gasteiger partial charge in [-0.15, -0.1) is 0 Å². The first-order valence-corrected chi connectivity index (χ1v) is 8.44. The number of H-pyrrole nitrogens is 1. The maximum atomic E-state index is 13.4. The van der Waals surface area contributed by atoms with Crippen LogP contribution in [0.2, 0.25) is 0 Å². The van der Waals surface area contributed by atoms with Crippen LogP contribution in [0.4, 0.5) is 4.39 Å². The van der Waals surface area contributed by atoms with Gasteiger partial charge in [-0.1, -0.05) is 13.8 Å². The summed E-state index contributed by atoms with van der Waals surface area (Å²) in [6.45, 7) is 6.35. The van der Waals surface area contributed by atoms with Crippen molar-refractivity contribution in [1.29, 1.82) is 0 Å². The van der Waals surface area contributed by atoms with Crippen LogP contribution in [-0.2, 0) is 12.8 Å². The normalized spacial score (nSPS) is 11.4. The Balaban J connectivity index is 1.62. The molecule has 3 rings (SSSR count). The smallest absolute Gasteiger partial charge is 0.289 e. The molecule has 2 aromatic heterocycles. The van der Waals surface area contributed by atoms with E-state index in [0.717, 1.165) is 16.5 Å². The second kappa shape index (κ2) is 7.09. The van der Waals surface area contributed by atoms with Crippen LogP contribution in [0, 0.1) is 18.7 Å². The fraction of sp³-hybridized carbons (Fsp3) is 0.368. The van der Waals surface area contributed by atoms with Gasteiger partial charge in [0, 0.05) is 30.1 Å². The topological polar surface area (TPSA) is 70.9 Å². The van der Waals surface area contributed by atoms with Crippen LogP contribution in [0.15, 0.2) is 28.8 Å². The molecular formula is C19H22FN3O2. The average molecular weight is 343 g/mol. The molecular weight excluding hydrogens is 321 g/mol. The number of amides is 1. The van der Waals surface area contributed by atoms with Gasteiger partial charge in [0.05, 0.1) is 5.69 Å². The molecule has 0 aliphatic rings. The Kier molecular flexibility index (Phi) is 4.88. The van der Waals surface area contributed by atoms with E-state index in [-0.39, 0.29) is 17.5 Å². The van der Waals surface area contributed by atoms with Crippen LogP contribution >= 0.6 is 0 Å². The van der Waals surface area contributed by atoms with E-state index in [0.29, 0.717) is 36.9 Å². The first kappa shape index (κ1) is 17.2. The van der Waals surface area contributed by atoms with E-state index in [1.165, 1.54) is 12.1 Å². The Bertz CT molecular complexity index is 895. The van der Waals surface area contributed by atoms with Crippen LogP contribution in [0.25, 0.3) is 10.9 Å². The van der Waals surface area contributed by atoms with Gasteiger partial charge in [0.15, 0.2) is 5.89 Å².